The van der Waals surface area contributed by atoms with Gasteiger partial charge in [-0.1, -0.05) is 0 Å². The van der Waals surface area contributed by atoms with Gasteiger partial charge in [-0.05, 0) is 42.7 Å². The summed E-state index contributed by atoms with van der Waals surface area (Å²) in [5.41, 5.74) is 8.83. The highest BCUT2D eigenvalue weighted by atomic mass is 16.7. The van der Waals surface area contributed by atoms with Crippen molar-refractivity contribution < 1.29 is 64.0 Å². The maximum atomic E-state index is 14.4. The smallest absolute Gasteiger partial charge is 0.253 e. The quantitative estimate of drug-likeness (QED) is 0.0454. The molecule has 11 N–H and O–H groups in total. The monoisotopic (exact) mass is 790 g/mol. The van der Waals surface area contributed by atoms with Gasteiger partial charge >= 0.3 is 0 Å². The maximum Gasteiger partial charge on any atom is 0.253 e. The number of aliphatic imine (C=N–C) groups is 1. The Balaban J connectivity index is 1.37. The second-order valence-electron chi connectivity index (χ2n) is 13.8. The van der Waals surface area contributed by atoms with Crippen LogP contribution in [0.4, 0.5) is 5.82 Å². The van der Waals surface area contributed by atoms with Gasteiger partial charge in [0.25, 0.3) is 11.8 Å². The number of aromatic nitrogens is 1. The molecule has 2 aliphatic heterocycles. The fourth-order valence-corrected chi connectivity index (χ4v) is 7.48. The summed E-state index contributed by atoms with van der Waals surface area (Å²) in [6, 6.07) is 5.51. The molecule has 1 aromatic heterocycles. The number of nitrogens with zero attached hydrogens (tertiary/aromatic N) is 3. The number of guanidine groups is 1. The minimum atomic E-state index is -2.47. The molecule has 3 heterocycles. The summed E-state index contributed by atoms with van der Waals surface area (Å²) in [6.07, 6.45) is -4.89. The van der Waals surface area contributed by atoms with Crippen molar-refractivity contribution in [3.63, 3.8) is 0 Å². The molecule has 2 amide bonds. The highest BCUT2D eigenvalue weighted by Gasteiger charge is 2.56. The van der Waals surface area contributed by atoms with Gasteiger partial charge in [0, 0.05) is 72.7 Å². The number of ketones is 2. The summed E-state index contributed by atoms with van der Waals surface area (Å²) in [7, 11) is 2.68. The van der Waals surface area contributed by atoms with Crippen molar-refractivity contribution in [2.24, 2.45) is 10.7 Å². The number of phenolic OH excluding ortho intramolecular Hbond substituents is 1. The summed E-state index contributed by atoms with van der Waals surface area (Å²) < 4.78 is 17.3. The number of carbonyl (C=O) groups is 4. The van der Waals surface area contributed by atoms with Gasteiger partial charge in [0.1, 0.15) is 47.0 Å². The molecule has 6 atom stereocenters. The molecule has 0 saturated carbocycles. The van der Waals surface area contributed by atoms with E-state index in [4.69, 9.17) is 25.7 Å². The third kappa shape index (κ3) is 7.16. The number of imide groups is 1. The van der Waals surface area contributed by atoms with E-state index in [2.05, 4.69) is 15.3 Å². The number of anilines is 1. The van der Waals surface area contributed by atoms with Crippen LogP contribution in [0, 0.1) is 6.92 Å². The van der Waals surface area contributed by atoms with Crippen molar-refractivity contribution in [1.29, 1.82) is 0 Å². The Hall–Kier alpha value is -5.96. The molecule has 3 aliphatic rings. The van der Waals surface area contributed by atoms with Crippen molar-refractivity contribution in [1.82, 2.24) is 15.2 Å². The van der Waals surface area contributed by atoms with E-state index < -0.39 is 96.2 Å². The molecule has 0 unspecified atom stereocenters. The Labute approximate surface area is 324 Å². The standard InChI is InChI=1S/C38H42N6O13/c1-16-8-19-29(32(50)20(16)12-43-37(40)41-2)33(51)30-23(10-22(55-3)21(14-45)28(30)31(19)49)56-36-34(52)35(53)38(54,24(15-46)57-36)11-18(17-6-7-42-25(39)9-17)13-44-26(47)4-5-27(44)48/h4-10,18,24,34-36,45-46,50,52-54H,11-15H2,1-3H3,(H2,39,42)(H3,40,41,43)/t18-,24-,34-,35-,36-,38-/m1/s1. The first-order chi connectivity index (χ1) is 27.1. The number of aliphatic hydroxyl groups excluding tert-OH is 4. The third-order valence-electron chi connectivity index (χ3n) is 10.5. The largest absolute Gasteiger partial charge is 0.507 e. The highest BCUT2D eigenvalue weighted by molar-refractivity contribution is 6.31. The summed E-state index contributed by atoms with van der Waals surface area (Å²) >= 11 is 0. The number of aryl methyl sites for hydroxylation is 1. The second kappa shape index (κ2) is 15.9. The van der Waals surface area contributed by atoms with E-state index in [1.54, 1.807) is 6.92 Å². The topological polar surface area (TPSA) is 310 Å². The number of hydrogen-bond acceptors (Lipinski definition) is 16. The van der Waals surface area contributed by atoms with Crippen LogP contribution in [-0.4, -0.2) is 127 Å². The maximum absolute atomic E-state index is 14.4. The van der Waals surface area contributed by atoms with E-state index in [1.807, 2.05) is 0 Å². The van der Waals surface area contributed by atoms with Crippen LogP contribution in [0.3, 0.4) is 0 Å². The predicted octanol–water partition coefficient (Wildman–Crippen LogP) is -1.36. The highest BCUT2D eigenvalue weighted by Crippen LogP contribution is 2.46. The second-order valence-corrected chi connectivity index (χ2v) is 13.8. The fourth-order valence-electron chi connectivity index (χ4n) is 7.48. The number of ether oxygens (including phenoxy) is 3. The van der Waals surface area contributed by atoms with E-state index in [0.29, 0.717) is 11.1 Å². The van der Waals surface area contributed by atoms with E-state index in [9.17, 15) is 49.8 Å². The Morgan fingerprint density at radius 1 is 1.05 bits per heavy atom. The lowest BCUT2D eigenvalue weighted by Gasteiger charge is -2.49. The first kappa shape index (κ1) is 40.7. The molecule has 19 heteroatoms. The van der Waals surface area contributed by atoms with Crippen LogP contribution < -0.4 is 26.3 Å². The molecule has 1 aliphatic carbocycles. The minimum absolute atomic E-state index is 0.0441. The van der Waals surface area contributed by atoms with E-state index in [-0.39, 0.29) is 58.4 Å². The van der Waals surface area contributed by atoms with Crippen LogP contribution in [0.1, 0.15) is 66.4 Å². The Bertz CT molecular complexity index is 2190. The number of nitrogens with two attached hydrogens (primary N) is 2. The molecule has 0 spiro atoms. The molecule has 6 rings (SSSR count). The number of carbonyl (C=O) groups excluding carboxylic acids is 4. The van der Waals surface area contributed by atoms with Crippen LogP contribution >= 0.6 is 0 Å². The molecule has 1 fully saturated rings. The molecular formula is C38H42N6O13. The van der Waals surface area contributed by atoms with Crippen molar-refractivity contribution in [2.45, 2.75) is 62.6 Å². The van der Waals surface area contributed by atoms with Gasteiger partial charge in [-0.15, -0.1) is 0 Å². The van der Waals surface area contributed by atoms with Gasteiger partial charge in [0.15, 0.2) is 11.7 Å². The van der Waals surface area contributed by atoms with Gasteiger partial charge in [0.05, 0.1) is 31.5 Å². The summed E-state index contributed by atoms with van der Waals surface area (Å²) in [6.45, 7) is -0.486. The average molecular weight is 791 g/mol. The lowest BCUT2D eigenvalue weighted by molar-refractivity contribution is -0.315. The van der Waals surface area contributed by atoms with Crippen molar-refractivity contribution in [3.05, 3.63) is 87.1 Å². The zero-order valence-corrected chi connectivity index (χ0v) is 31.0. The van der Waals surface area contributed by atoms with Crippen molar-refractivity contribution >= 4 is 35.2 Å². The molecule has 0 bridgehead atoms. The Morgan fingerprint density at radius 2 is 1.75 bits per heavy atom. The minimum Gasteiger partial charge on any atom is -0.507 e. The number of aliphatic hydroxyl groups is 5. The Kier molecular flexibility index (Phi) is 11.3. The zero-order valence-electron chi connectivity index (χ0n) is 31.0. The lowest BCUT2D eigenvalue weighted by Crippen LogP contribution is -2.68. The van der Waals surface area contributed by atoms with E-state index >= 15 is 0 Å². The van der Waals surface area contributed by atoms with Gasteiger partial charge in [-0.2, -0.15) is 0 Å². The first-order valence-corrected chi connectivity index (χ1v) is 17.6. The molecule has 302 valence electrons. The number of amides is 2. The molecular weight excluding hydrogens is 748 g/mol. The van der Waals surface area contributed by atoms with Crippen LogP contribution in [0.25, 0.3) is 0 Å². The number of benzene rings is 2. The molecule has 19 nitrogen and oxygen atoms in total. The summed E-state index contributed by atoms with van der Waals surface area (Å²) in [4.78, 5) is 62.3. The lowest BCUT2D eigenvalue weighted by atomic mass is 9.75. The zero-order chi connectivity index (χ0) is 41.5. The van der Waals surface area contributed by atoms with Crippen LogP contribution in [-0.2, 0) is 27.5 Å². The SMILES string of the molecule is CN=C(N)NCc1c(C)cc2c(c1O)C(=O)c1c(O[C@@H]3O[C@H](CO)[C@](O)(C[C@H](CN4C(=O)C=CC4=O)c4ccnc(N)c4)[C@H](O)[C@H]3O)cc(OC)c(CO)c1C2=O. The predicted molar refractivity (Wildman–Crippen MR) is 198 cm³/mol. The number of fused-ring (bicyclic) bond motifs is 2. The van der Waals surface area contributed by atoms with Gasteiger partial charge < -0.3 is 61.6 Å². The van der Waals surface area contributed by atoms with Gasteiger partial charge in [-0.3, -0.25) is 29.1 Å². The molecule has 1 saturated heterocycles. The van der Waals surface area contributed by atoms with Gasteiger partial charge in [0.2, 0.25) is 12.1 Å². The molecule has 3 aromatic rings. The van der Waals surface area contributed by atoms with Crippen molar-refractivity contribution in [3.8, 4) is 17.2 Å². The fraction of sp³-hybridized carbons (Fsp3) is 0.368. The summed E-state index contributed by atoms with van der Waals surface area (Å²) in [5, 5.41) is 70.3. The number of hydrogen-bond donors (Lipinski definition) is 9. The van der Waals surface area contributed by atoms with E-state index in [1.165, 1.54) is 38.6 Å². The van der Waals surface area contributed by atoms with Crippen LogP contribution in [0.15, 0.2) is 47.6 Å². The van der Waals surface area contributed by atoms with Gasteiger partial charge in [-0.25, -0.2) is 4.98 Å². The number of nitrogens with one attached hydrogen (secondary N) is 1. The number of pyridine rings is 1. The van der Waals surface area contributed by atoms with Crippen molar-refractivity contribution in [2.75, 3.05) is 33.0 Å². The number of rotatable bonds is 12. The Morgan fingerprint density at radius 3 is 2.37 bits per heavy atom. The van der Waals surface area contributed by atoms with E-state index in [0.717, 1.165) is 23.1 Å². The number of methoxy groups -OCH3 is 1. The normalized spacial score (nSPS) is 23.7. The summed E-state index contributed by atoms with van der Waals surface area (Å²) in [5.74, 6) is -4.85. The van der Waals surface area contributed by atoms with Crippen LogP contribution in [0.2, 0.25) is 0 Å². The molecule has 2 aromatic carbocycles. The first-order valence-electron chi connectivity index (χ1n) is 17.6. The third-order valence-corrected chi connectivity index (χ3v) is 10.5. The number of nitrogen functional groups attached to an aromatic ring is 1. The number of aromatic hydroxyl groups is 1. The molecule has 0 radical (unpaired) electrons. The number of phenols is 1. The average Bonchev–Trinajstić information content (AvgIpc) is 3.51. The van der Waals surface area contributed by atoms with Crippen LogP contribution in [0.5, 0.6) is 17.2 Å². The molecule has 57 heavy (non-hydrogen) atoms.